The molecule has 1 aromatic heterocycles. The van der Waals surface area contributed by atoms with Gasteiger partial charge < -0.3 is 9.72 Å². The number of carbonyl (C=O) groups excluding carboxylic acids is 1. The van der Waals surface area contributed by atoms with Crippen molar-refractivity contribution in [2.45, 2.75) is 11.5 Å². The number of benzene rings is 1. The molecule has 0 aliphatic carbocycles. The molecule has 98 valence electrons. The molecule has 2 aromatic rings. The van der Waals surface area contributed by atoms with E-state index in [1.807, 2.05) is 6.07 Å². The van der Waals surface area contributed by atoms with Gasteiger partial charge in [0.05, 0.1) is 29.7 Å². The highest BCUT2D eigenvalue weighted by atomic mass is 32.2. The fraction of sp³-hybridized carbons (Fsp3) is 0.231. The van der Waals surface area contributed by atoms with E-state index in [1.165, 1.54) is 7.11 Å². The Morgan fingerprint density at radius 1 is 1.32 bits per heavy atom. The van der Waals surface area contributed by atoms with Crippen molar-refractivity contribution in [3.05, 3.63) is 45.2 Å². The lowest BCUT2D eigenvalue weighted by atomic mass is 10.0. The Hall–Kier alpha value is -1.95. The number of H-pyrrole nitrogens is 1. The Morgan fingerprint density at radius 3 is 2.79 bits per heavy atom. The summed E-state index contributed by atoms with van der Waals surface area (Å²) in [7, 11) is 0.252. The molecule has 1 aliphatic rings. The highest BCUT2D eigenvalue weighted by Crippen LogP contribution is 2.28. The number of para-hydroxylation sites is 1. The van der Waals surface area contributed by atoms with E-state index in [0.717, 1.165) is 10.9 Å². The quantitative estimate of drug-likeness (QED) is 0.791. The third-order valence-corrected chi connectivity index (χ3v) is 4.50. The highest BCUT2D eigenvalue weighted by molar-refractivity contribution is 7.83. The molecule has 0 radical (unpaired) electrons. The summed E-state index contributed by atoms with van der Waals surface area (Å²) in [5.41, 5.74) is 1.84. The van der Waals surface area contributed by atoms with Crippen LogP contribution in [0.25, 0.3) is 10.9 Å². The van der Waals surface area contributed by atoms with Crippen LogP contribution in [-0.4, -0.2) is 22.3 Å². The Bertz CT molecular complexity index is 778. The molecule has 0 spiro atoms. The average molecular weight is 277 g/mol. The molecule has 1 aromatic carbocycles. The van der Waals surface area contributed by atoms with Crippen LogP contribution in [-0.2, 0) is 27.0 Å². The third-order valence-electron chi connectivity index (χ3n) is 3.28. The predicted octanol–water partition coefficient (Wildman–Crippen LogP) is 1.08. The largest absolute Gasteiger partial charge is 0.465 e. The summed E-state index contributed by atoms with van der Waals surface area (Å²) in [5.74, 6) is 0.143. The molecule has 1 aliphatic heterocycles. The van der Waals surface area contributed by atoms with Crippen molar-refractivity contribution < 1.29 is 13.7 Å². The molecule has 0 saturated carbocycles. The standard InChI is InChI=1S/C13H11NO4S/c1-18-13(16)8-4-2-3-7-9-5-19(17)6-10(9)12(15)14-11(7)8/h2-4H,5-6H2,1H3,(H,14,15). The Balaban J connectivity index is 2.39. The first-order valence-corrected chi connectivity index (χ1v) is 7.20. The summed E-state index contributed by atoms with van der Waals surface area (Å²) in [4.78, 5) is 26.4. The molecule has 1 N–H and O–H groups in total. The van der Waals surface area contributed by atoms with Crippen LogP contribution in [0.2, 0.25) is 0 Å². The van der Waals surface area contributed by atoms with Gasteiger partial charge in [-0.25, -0.2) is 4.79 Å². The topological polar surface area (TPSA) is 76.2 Å². The van der Waals surface area contributed by atoms with Crippen molar-refractivity contribution >= 4 is 27.7 Å². The number of rotatable bonds is 1. The number of carbonyl (C=O) groups is 1. The first-order valence-electron chi connectivity index (χ1n) is 5.72. The lowest BCUT2D eigenvalue weighted by Crippen LogP contribution is -2.15. The molecule has 1 unspecified atom stereocenters. The average Bonchev–Trinajstić information content (AvgIpc) is 2.80. The fourth-order valence-electron chi connectivity index (χ4n) is 2.40. The minimum absolute atomic E-state index is 0.273. The van der Waals surface area contributed by atoms with E-state index in [4.69, 9.17) is 4.74 Å². The summed E-state index contributed by atoms with van der Waals surface area (Å²) in [5, 5.41) is 0.767. The minimum Gasteiger partial charge on any atom is -0.465 e. The molecule has 3 rings (SSSR count). The van der Waals surface area contributed by atoms with Gasteiger partial charge in [0.15, 0.2) is 0 Å². The van der Waals surface area contributed by atoms with Gasteiger partial charge in [-0.1, -0.05) is 12.1 Å². The summed E-state index contributed by atoms with van der Waals surface area (Å²) >= 11 is 0. The Kier molecular flexibility index (Phi) is 2.74. The van der Waals surface area contributed by atoms with E-state index < -0.39 is 16.8 Å². The van der Waals surface area contributed by atoms with Crippen LogP contribution in [0.5, 0.6) is 0 Å². The molecule has 5 nitrogen and oxygen atoms in total. The van der Waals surface area contributed by atoms with Crippen molar-refractivity contribution in [2.24, 2.45) is 0 Å². The molecule has 6 heteroatoms. The van der Waals surface area contributed by atoms with Crippen LogP contribution >= 0.6 is 0 Å². The van der Waals surface area contributed by atoms with Crippen molar-refractivity contribution in [1.82, 2.24) is 4.98 Å². The summed E-state index contributed by atoms with van der Waals surface area (Å²) in [6, 6.07) is 5.15. The second-order valence-corrected chi connectivity index (χ2v) is 5.82. The number of fused-ring (bicyclic) bond motifs is 3. The number of ether oxygens (including phenoxy) is 1. The Labute approximate surface area is 111 Å². The summed E-state index contributed by atoms with van der Waals surface area (Å²) in [6.45, 7) is 0. The Morgan fingerprint density at radius 2 is 2.05 bits per heavy atom. The van der Waals surface area contributed by atoms with Gasteiger partial charge in [0.25, 0.3) is 5.56 Å². The number of nitrogens with one attached hydrogen (secondary N) is 1. The molecule has 19 heavy (non-hydrogen) atoms. The molecule has 2 heterocycles. The number of methoxy groups -OCH3 is 1. The number of aromatic amines is 1. The first kappa shape index (κ1) is 12.1. The van der Waals surface area contributed by atoms with E-state index in [0.29, 0.717) is 22.4 Å². The number of esters is 1. The van der Waals surface area contributed by atoms with Crippen LogP contribution in [0.1, 0.15) is 21.5 Å². The maximum atomic E-state index is 12.0. The number of hydrogen-bond donors (Lipinski definition) is 1. The molecular weight excluding hydrogens is 266 g/mol. The minimum atomic E-state index is -1.04. The van der Waals surface area contributed by atoms with E-state index in [9.17, 15) is 13.8 Å². The van der Waals surface area contributed by atoms with Gasteiger partial charge in [0.2, 0.25) is 0 Å². The third kappa shape index (κ3) is 1.79. The van der Waals surface area contributed by atoms with Crippen LogP contribution in [0.3, 0.4) is 0 Å². The normalized spacial score (nSPS) is 17.4. The van der Waals surface area contributed by atoms with Gasteiger partial charge in [-0.3, -0.25) is 9.00 Å². The molecule has 0 bridgehead atoms. The van der Waals surface area contributed by atoms with Gasteiger partial charge >= 0.3 is 5.97 Å². The number of pyridine rings is 1. The summed E-state index contributed by atoms with van der Waals surface area (Å²) < 4.78 is 16.3. The second-order valence-electron chi connectivity index (χ2n) is 4.36. The van der Waals surface area contributed by atoms with Crippen molar-refractivity contribution in [2.75, 3.05) is 7.11 Å². The fourth-order valence-corrected chi connectivity index (χ4v) is 3.78. The lowest BCUT2D eigenvalue weighted by Gasteiger charge is -2.07. The highest BCUT2D eigenvalue weighted by Gasteiger charge is 2.24. The smallest absolute Gasteiger partial charge is 0.339 e. The molecule has 0 amide bonds. The number of hydrogen-bond acceptors (Lipinski definition) is 4. The molecule has 1 atom stereocenters. The van der Waals surface area contributed by atoms with E-state index in [-0.39, 0.29) is 11.3 Å². The molecule has 0 fully saturated rings. The predicted molar refractivity (Wildman–Crippen MR) is 71.5 cm³/mol. The van der Waals surface area contributed by atoms with E-state index in [1.54, 1.807) is 12.1 Å². The van der Waals surface area contributed by atoms with E-state index in [2.05, 4.69) is 4.98 Å². The van der Waals surface area contributed by atoms with Crippen molar-refractivity contribution in [3.8, 4) is 0 Å². The monoisotopic (exact) mass is 277 g/mol. The SMILES string of the molecule is COC(=O)c1cccc2c3c(c(=O)[nH]c12)CS(=O)C3. The lowest BCUT2D eigenvalue weighted by molar-refractivity contribution is 0.0603. The molecular formula is C13H11NO4S. The van der Waals surface area contributed by atoms with Crippen LogP contribution < -0.4 is 5.56 Å². The maximum absolute atomic E-state index is 12.0. The number of aromatic nitrogens is 1. The van der Waals surface area contributed by atoms with Gasteiger partial charge in [-0.15, -0.1) is 0 Å². The van der Waals surface area contributed by atoms with Gasteiger partial charge in [-0.05, 0) is 11.6 Å². The van der Waals surface area contributed by atoms with E-state index >= 15 is 0 Å². The first-order chi connectivity index (χ1) is 9.11. The second kappa shape index (κ2) is 4.31. The van der Waals surface area contributed by atoms with Crippen molar-refractivity contribution in [1.29, 1.82) is 0 Å². The zero-order chi connectivity index (χ0) is 13.6. The maximum Gasteiger partial charge on any atom is 0.339 e. The molecule has 0 saturated heterocycles. The van der Waals surface area contributed by atoms with Gasteiger partial charge in [0, 0.05) is 21.7 Å². The van der Waals surface area contributed by atoms with Gasteiger partial charge in [0.1, 0.15) is 0 Å². The zero-order valence-corrected chi connectivity index (χ0v) is 11.0. The van der Waals surface area contributed by atoms with Crippen LogP contribution in [0, 0.1) is 0 Å². The van der Waals surface area contributed by atoms with Gasteiger partial charge in [-0.2, -0.15) is 0 Å². The van der Waals surface area contributed by atoms with Crippen molar-refractivity contribution in [3.63, 3.8) is 0 Å². The van der Waals surface area contributed by atoms with Crippen LogP contribution in [0.15, 0.2) is 23.0 Å². The zero-order valence-electron chi connectivity index (χ0n) is 10.2. The summed E-state index contributed by atoms with van der Waals surface area (Å²) in [6.07, 6.45) is 0. The van der Waals surface area contributed by atoms with Crippen LogP contribution in [0.4, 0.5) is 0 Å².